The van der Waals surface area contributed by atoms with Crippen molar-refractivity contribution in [1.82, 2.24) is 5.43 Å². The summed E-state index contributed by atoms with van der Waals surface area (Å²) in [6.45, 7) is 0.615. The van der Waals surface area contributed by atoms with Crippen molar-refractivity contribution in [3.05, 3.63) is 29.8 Å². The number of carbonyl (C=O) groups is 1. The van der Waals surface area contributed by atoms with Gasteiger partial charge in [-0.05, 0) is 17.7 Å². The second-order valence-corrected chi connectivity index (χ2v) is 3.82. The van der Waals surface area contributed by atoms with Crippen LogP contribution in [0, 0.1) is 0 Å². The Balaban J connectivity index is 2.10. The lowest BCUT2D eigenvalue weighted by Gasteiger charge is -2.18. The summed E-state index contributed by atoms with van der Waals surface area (Å²) in [7, 11) is 0. The van der Waals surface area contributed by atoms with Gasteiger partial charge in [0, 0.05) is 13.0 Å². The van der Waals surface area contributed by atoms with Gasteiger partial charge in [0.15, 0.2) is 0 Å². The van der Waals surface area contributed by atoms with Crippen LogP contribution in [-0.4, -0.2) is 24.2 Å². The number of anilines is 1. The molecule has 4 N–H and O–H groups in total. The zero-order valence-electron chi connectivity index (χ0n) is 8.89. The lowest BCUT2D eigenvalue weighted by Crippen LogP contribution is -2.32. The number of nitrogens with two attached hydrogens (primary N) is 1. The van der Waals surface area contributed by atoms with Crippen LogP contribution in [-0.2, 0) is 4.79 Å². The number of hydrogen-bond donors (Lipinski definition) is 3. The Hall–Kier alpha value is -1.59. The van der Waals surface area contributed by atoms with Crippen LogP contribution in [0.25, 0.3) is 0 Å². The Morgan fingerprint density at radius 1 is 1.44 bits per heavy atom. The number of aliphatic hydroxyl groups excluding tert-OH is 1. The van der Waals surface area contributed by atoms with E-state index in [0.717, 1.165) is 11.3 Å². The van der Waals surface area contributed by atoms with Gasteiger partial charge in [-0.2, -0.15) is 0 Å². The van der Waals surface area contributed by atoms with Crippen molar-refractivity contribution in [2.45, 2.75) is 12.5 Å². The average Bonchev–Trinajstić information content (AvgIpc) is 2.75. The van der Waals surface area contributed by atoms with E-state index in [9.17, 15) is 4.79 Å². The van der Waals surface area contributed by atoms with Crippen LogP contribution < -0.4 is 16.2 Å². The lowest BCUT2D eigenvalue weighted by atomic mass is 10.1. The molecule has 1 aromatic rings. The molecule has 2 rings (SSSR count). The molecule has 0 aromatic heterocycles. The predicted molar refractivity (Wildman–Crippen MR) is 60.6 cm³/mol. The van der Waals surface area contributed by atoms with Gasteiger partial charge in [0.05, 0.1) is 18.3 Å². The van der Waals surface area contributed by atoms with E-state index in [-0.39, 0.29) is 18.6 Å². The minimum atomic E-state index is -0.345. The van der Waals surface area contributed by atoms with Gasteiger partial charge >= 0.3 is 0 Å². The quantitative estimate of drug-likeness (QED) is 0.667. The van der Waals surface area contributed by atoms with Gasteiger partial charge in [-0.25, -0.2) is 0 Å². The first kappa shape index (κ1) is 10.9. The van der Waals surface area contributed by atoms with Crippen LogP contribution >= 0.6 is 0 Å². The van der Waals surface area contributed by atoms with Crippen LogP contribution in [0.15, 0.2) is 24.3 Å². The maximum absolute atomic E-state index is 11.0. The van der Waals surface area contributed by atoms with E-state index in [4.69, 9.17) is 10.8 Å². The Morgan fingerprint density at radius 3 is 2.62 bits per heavy atom. The van der Waals surface area contributed by atoms with Crippen LogP contribution in [0.3, 0.4) is 0 Å². The Kier molecular flexibility index (Phi) is 3.07. The van der Waals surface area contributed by atoms with Gasteiger partial charge in [-0.1, -0.05) is 12.1 Å². The van der Waals surface area contributed by atoms with Gasteiger partial charge < -0.3 is 10.8 Å². The van der Waals surface area contributed by atoms with Crippen molar-refractivity contribution in [2.24, 2.45) is 5.73 Å². The van der Waals surface area contributed by atoms with Gasteiger partial charge in [-0.3, -0.25) is 15.2 Å². The molecule has 1 atom stereocenters. The molecule has 1 heterocycles. The highest BCUT2D eigenvalue weighted by Gasteiger charge is 2.18. The van der Waals surface area contributed by atoms with Gasteiger partial charge in [-0.15, -0.1) is 0 Å². The molecule has 1 unspecified atom stereocenters. The number of nitrogens with one attached hydrogen (secondary N) is 1. The van der Waals surface area contributed by atoms with E-state index in [1.54, 1.807) is 5.01 Å². The van der Waals surface area contributed by atoms with E-state index >= 15 is 0 Å². The molecule has 16 heavy (non-hydrogen) atoms. The van der Waals surface area contributed by atoms with Gasteiger partial charge in [0.25, 0.3) is 0 Å². The van der Waals surface area contributed by atoms with Crippen molar-refractivity contribution in [3.8, 4) is 0 Å². The minimum absolute atomic E-state index is 0.0381. The maximum Gasteiger partial charge on any atom is 0.240 e. The molecule has 1 aromatic carbocycles. The fraction of sp³-hybridized carbons (Fsp3) is 0.364. The highest BCUT2D eigenvalue weighted by Crippen LogP contribution is 2.18. The van der Waals surface area contributed by atoms with Crippen LogP contribution in [0.2, 0.25) is 0 Å². The van der Waals surface area contributed by atoms with Crippen molar-refractivity contribution >= 4 is 11.6 Å². The molecular weight excluding hydrogens is 206 g/mol. The number of rotatable bonds is 3. The summed E-state index contributed by atoms with van der Waals surface area (Å²) in [4.78, 5) is 11.0. The Labute approximate surface area is 93.8 Å². The molecule has 1 saturated heterocycles. The molecule has 0 bridgehead atoms. The molecular formula is C11H15N3O2. The molecule has 5 nitrogen and oxygen atoms in total. The van der Waals surface area contributed by atoms with E-state index in [0.29, 0.717) is 13.0 Å². The summed E-state index contributed by atoms with van der Waals surface area (Å²) in [5.74, 6) is 0.0381. The first-order valence-corrected chi connectivity index (χ1v) is 5.24. The number of hydrazine groups is 1. The molecule has 1 aliphatic heterocycles. The first-order chi connectivity index (χ1) is 7.70. The topological polar surface area (TPSA) is 78.6 Å². The highest BCUT2D eigenvalue weighted by molar-refractivity contribution is 5.81. The first-order valence-electron chi connectivity index (χ1n) is 5.24. The van der Waals surface area contributed by atoms with Crippen LogP contribution in [0.5, 0.6) is 0 Å². The Morgan fingerprint density at radius 2 is 2.12 bits per heavy atom. The molecule has 1 fully saturated rings. The summed E-state index contributed by atoms with van der Waals surface area (Å²) in [5, 5.41) is 10.7. The third-order valence-corrected chi connectivity index (χ3v) is 2.65. The summed E-state index contributed by atoms with van der Waals surface area (Å²) in [6.07, 6.45) is 0.526. The van der Waals surface area contributed by atoms with Crippen molar-refractivity contribution < 1.29 is 9.90 Å². The smallest absolute Gasteiger partial charge is 0.240 e. The van der Waals surface area contributed by atoms with Gasteiger partial charge in [0.1, 0.15) is 0 Å². The van der Waals surface area contributed by atoms with Crippen molar-refractivity contribution in [3.63, 3.8) is 0 Å². The number of nitrogens with zero attached hydrogens (tertiary/aromatic N) is 1. The second kappa shape index (κ2) is 4.51. The number of amides is 1. The third kappa shape index (κ3) is 2.15. The highest BCUT2D eigenvalue weighted by atomic mass is 16.3. The van der Waals surface area contributed by atoms with Crippen LogP contribution in [0.1, 0.15) is 18.0 Å². The molecule has 86 valence electrons. The number of carbonyl (C=O) groups excluding carboxylic acids is 1. The summed E-state index contributed by atoms with van der Waals surface area (Å²) in [6, 6.07) is 7.15. The second-order valence-electron chi connectivity index (χ2n) is 3.82. The summed E-state index contributed by atoms with van der Waals surface area (Å²) < 4.78 is 0. The van der Waals surface area contributed by atoms with E-state index < -0.39 is 0 Å². The summed E-state index contributed by atoms with van der Waals surface area (Å²) >= 11 is 0. The molecule has 1 amide bonds. The SMILES string of the molecule is NC(CO)c1ccc(N2CCC(=O)N2)cc1. The van der Waals surface area contributed by atoms with Crippen LogP contribution in [0.4, 0.5) is 5.69 Å². The van der Waals surface area contributed by atoms with E-state index in [1.807, 2.05) is 24.3 Å². The molecule has 0 aliphatic carbocycles. The molecule has 0 spiro atoms. The lowest BCUT2D eigenvalue weighted by molar-refractivity contribution is -0.119. The monoisotopic (exact) mass is 221 g/mol. The van der Waals surface area contributed by atoms with Gasteiger partial charge in [0.2, 0.25) is 5.91 Å². The minimum Gasteiger partial charge on any atom is -0.394 e. The molecule has 0 radical (unpaired) electrons. The Bertz CT molecular complexity index is 377. The standard InChI is InChI=1S/C11H15N3O2/c12-10(7-15)8-1-3-9(4-2-8)14-6-5-11(16)13-14/h1-4,10,15H,5-7,12H2,(H,13,16). The predicted octanol–water partition coefficient (Wildman–Crippen LogP) is -0.0800. The number of aliphatic hydroxyl groups is 1. The van der Waals surface area contributed by atoms with Crippen molar-refractivity contribution in [2.75, 3.05) is 18.2 Å². The normalized spacial score (nSPS) is 17.4. The number of hydrogen-bond acceptors (Lipinski definition) is 4. The fourth-order valence-electron chi connectivity index (χ4n) is 1.68. The zero-order valence-corrected chi connectivity index (χ0v) is 8.89. The van der Waals surface area contributed by atoms with E-state index in [1.165, 1.54) is 0 Å². The number of benzene rings is 1. The largest absolute Gasteiger partial charge is 0.394 e. The third-order valence-electron chi connectivity index (χ3n) is 2.65. The zero-order chi connectivity index (χ0) is 11.5. The average molecular weight is 221 g/mol. The molecule has 0 saturated carbocycles. The molecule has 5 heteroatoms. The fourth-order valence-corrected chi connectivity index (χ4v) is 1.68. The van der Waals surface area contributed by atoms with Crippen molar-refractivity contribution in [1.29, 1.82) is 0 Å². The van der Waals surface area contributed by atoms with E-state index in [2.05, 4.69) is 5.43 Å². The molecule has 1 aliphatic rings. The summed E-state index contributed by atoms with van der Waals surface area (Å²) in [5.41, 5.74) is 10.2. The maximum atomic E-state index is 11.0.